The molecule has 4 aromatic rings. The summed E-state index contributed by atoms with van der Waals surface area (Å²) in [6.07, 6.45) is -0.301. The molecule has 8 nitrogen and oxygen atoms in total. The first-order chi connectivity index (χ1) is 20.0. The van der Waals surface area contributed by atoms with E-state index in [1.165, 1.54) is 0 Å². The first-order valence-electron chi connectivity index (χ1n) is 14.2. The number of rotatable bonds is 10. The molecule has 0 aliphatic carbocycles. The number of aromatic hydroxyl groups is 1. The van der Waals surface area contributed by atoms with Crippen LogP contribution in [-0.4, -0.2) is 29.2 Å². The van der Waals surface area contributed by atoms with Gasteiger partial charge in [0.25, 0.3) is 0 Å². The maximum atomic E-state index is 13.4. The van der Waals surface area contributed by atoms with Crippen molar-refractivity contribution in [2.24, 2.45) is 5.73 Å². The summed E-state index contributed by atoms with van der Waals surface area (Å²) in [6.45, 7) is 10.00. The molecule has 5 rings (SSSR count). The van der Waals surface area contributed by atoms with Crippen LogP contribution >= 0.6 is 0 Å². The number of ether oxygens (including phenoxy) is 1. The SMILES string of the molecule is CC1=C(C(OCC(C)(C)N)c2cc3ccc(CC(=O)NC(c4ccccc4)c4ccc(O)cc4C)cc3o2)C(C)NO1. The first-order valence-corrected chi connectivity index (χ1v) is 14.2. The molecule has 1 aliphatic rings. The molecule has 0 fully saturated rings. The summed E-state index contributed by atoms with van der Waals surface area (Å²) >= 11 is 0. The van der Waals surface area contributed by atoms with E-state index < -0.39 is 11.6 Å². The lowest BCUT2D eigenvalue weighted by Crippen LogP contribution is -2.38. The molecule has 5 N–H and O–H groups in total. The summed E-state index contributed by atoms with van der Waals surface area (Å²) in [7, 11) is 0. The van der Waals surface area contributed by atoms with Gasteiger partial charge in [-0.05, 0) is 81.1 Å². The molecular weight excluding hydrogens is 530 g/mol. The molecule has 220 valence electrons. The average molecular weight is 570 g/mol. The quantitative estimate of drug-likeness (QED) is 0.188. The number of fused-ring (bicyclic) bond motifs is 1. The van der Waals surface area contributed by atoms with Gasteiger partial charge >= 0.3 is 0 Å². The van der Waals surface area contributed by atoms with Gasteiger partial charge in [0.05, 0.1) is 25.1 Å². The molecule has 0 spiro atoms. The van der Waals surface area contributed by atoms with Gasteiger partial charge in [-0.2, -0.15) is 5.48 Å². The third-order valence-electron chi connectivity index (χ3n) is 7.40. The van der Waals surface area contributed by atoms with E-state index in [1.807, 2.05) is 95.3 Å². The van der Waals surface area contributed by atoms with Gasteiger partial charge < -0.3 is 30.1 Å². The zero-order valence-corrected chi connectivity index (χ0v) is 24.7. The topological polar surface area (TPSA) is 119 Å². The van der Waals surface area contributed by atoms with E-state index in [1.54, 1.807) is 12.1 Å². The fourth-order valence-corrected chi connectivity index (χ4v) is 5.34. The molecule has 0 bridgehead atoms. The highest BCUT2D eigenvalue weighted by atomic mass is 16.7. The van der Waals surface area contributed by atoms with Crippen LogP contribution in [0.15, 0.2) is 88.5 Å². The molecule has 0 radical (unpaired) electrons. The van der Waals surface area contributed by atoms with Crippen molar-refractivity contribution in [3.8, 4) is 5.75 Å². The first kappa shape index (κ1) is 29.4. The molecule has 1 amide bonds. The fraction of sp³-hybridized carbons (Fsp3) is 0.324. The van der Waals surface area contributed by atoms with Crippen LogP contribution in [0.5, 0.6) is 5.75 Å². The Kier molecular flexibility index (Phi) is 8.41. The minimum Gasteiger partial charge on any atom is -0.508 e. The van der Waals surface area contributed by atoms with E-state index in [-0.39, 0.29) is 30.2 Å². The number of carbonyl (C=O) groups excluding carboxylic acids is 1. The normalized spacial score (nSPS) is 16.9. The Hall–Kier alpha value is -4.11. The number of aryl methyl sites for hydroxylation is 1. The van der Waals surface area contributed by atoms with Crippen LogP contribution in [0.4, 0.5) is 0 Å². The summed E-state index contributed by atoms with van der Waals surface area (Å²) in [5, 5.41) is 14.0. The minimum absolute atomic E-state index is 0.0573. The molecule has 3 aromatic carbocycles. The summed E-state index contributed by atoms with van der Waals surface area (Å²) < 4.78 is 12.6. The monoisotopic (exact) mass is 569 g/mol. The second-order valence-electron chi connectivity index (χ2n) is 11.8. The van der Waals surface area contributed by atoms with Crippen LogP contribution in [0.2, 0.25) is 0 Å². The smallest absolute Gasteiger partial charge is 0.225 e. The van der Waals surface area contributed by atoms with Crippen molar-refractivity contribution < 1.29 is 23.9 Å². The molecule has 1 aromatic heterocycles. The zero-order chi connectivity index (χ0) is 30.0. The molecule has 8 heteroatoms. The van der Waals surface area contributed by atoms with Crippen molar-refractivity contribution in [2.75, 3.05) is 6.61 Å². The van der Waals surface area contributed by atoms with Gasteiger partial charge in [0.2, 0.25) is 5.91 Å². The molecule has 0 saturated carbocycles. The Morgan fingerprint density at radius 1 is 1.10 bits per heavy atom. The number of hydrogen-bond acceptors (Lipinski definition) is 7. The maximum absolute atomic E-state index is 13.4. The highest BCUT2D eigenvalue weighted by Crippen LogP contribution is 2.37. The number of amides is 1. The van der Waals surface area contributed by atoms with E-state index in [0.29, 0.717) is 18.0 Å². The van der Waals surface area contributed by atoms with E-state index in [9.17, 15) is 9.90 Å². The molecular formula is C34H39N3O5. The van der Waals surface area contributed by atoms with Gasteiger partial charge in [0, 0.05) is 16.5 Å². The highest BCUT2D eigenvalue weighted by molar-refractivity contribution is 5.83. The number of benzene rings is 3. The zero-order valence-electron chi connectivity index (χ0n) is 24.7. The molecule has 42 heavy (non-hydrogen) atoms. The number of carbonyl (C=O) groups is 1. The average Bonchev–Trinajstić information content (AvgIpc) is 3.50. The van der Waals surface area contributed by atoms with E-state index >= 15 is 0 Å². The Morgan fingerprint density at radius 2 is 1.86 bits per heavy atom. The Labute approximate surface area is 246 Å². The molecule has 3 atom stereocenters. The van der Waals surface area contributed by atoms with Crippen molar-refractivity contribution in [3.05, 3.63) is 112 Å². The van der Waals surface area contributed by atoms with E-state index in [0.717, 1.165) is 39.0 Å². The molecule has 0 saturated heterocycles. The van der Waals surface area contributed by atoms with E-state index in [2.05, 4.69) is 10.8 Å². The number of hydroxylamine groups is 1. The molecule has 1 aliphatic heterocycles. The summed E-state index contributed by atoms with van der Waals surface area (Å²) in [6, 6.07) is 22.4. The number of nitrogens with two attached hydrogens (primary N) is 1. The van der Waals surface area contributed by atoms with Crippen molar-refractivity contribution >= 4 is 16.9 Å². The highest BCUT2D eigenvalue weighted by Gasteiger charge is 2.33. The fourth-order valence-electron chi connectivity index (χ4n) is 5.34. The van der Waals surface area contributed by atoms with Crippen molar-refractivity contribution in [1.29, 1.82) is 0 Å². The van der Waals surface area contributed by atoms with Crippen LogP contribution in [0.25, 0.3) is 11.0 Å². The van der Waals surface area contributed by atoms with Crippen LogP contribution in [0.3, 0.4) is 0 Å². The summed E-state index contributed by atoms with van der Waals surface area (Å²) in [4.78, 5) is 19.0. The number of furan rings is 1. The van der Waals surface area contributed by atoms with Gasteiger partial charge in [-0.3, -0.25) is 4.79 Å². The number of phenolic OH excluding ortho intramolecular Hbond substituents is 1. The Bertz CT molecular complexity index is 1600. The van der Waals surface area contributed by atoms with Gasteiger partial charge in [0.15, 0.2) is 0 Å². The molecule has 2 heterocycles. The number of hydrogen-bond donors (Lipinski definition) is 4. The number of phenols is 1. The van der Waals surface area contributed by atoms with Crippen LogP contribution in [0, 0.1) is 6.92 Å². The Morgan fingerprint density at radius 3 is 2.52 bits per heavy atom. The van der Waals surface area contributed by atoms with Gasteiger partial charge in [-0.25, -0.2) is 0 Å². The maximum Gasteiger partial charge on any atom is 0.225 e. The number of allylic oxidation sites excluding steroid dienone is 1. The van der Waals surface area contributed by atoms with Crippen molar-refractivity contribution in [2.45, 2.75) is 64.8 Å². The second-order valence-corrected chi connectivity index (χ2v) is 11.8. The van der Waals surface area contributed by atoms with Crippen LogP contribution < -0.4 is 16.5 Å². The summed E-state index contributed by atoms with van der Waals surface area (Å²) in [5.41, 5.74) is 13.9. The third-order valence-corrected chi connectivity index (χ3v) is 7.40. The van der Waals surface area contributed by atoms with Crippen molar-refractivity contribution in [3.63, 3.8) is 0 Å². The number of nitrogens with one attached hydrogen (secondary N) is 2. The van der Waals surface area contributed by atoms with Gasteiger partial charge in [0.1, 0.15) is 29.0 Å². The summed E-state index contributed by atoms with van der Waals surface area (Å²) in [5.74, 6) is 1.46. The predicted molar refractivity (Wildman–Crippen MR) is 163 cm³/mol. The van der Waals surface area contributed by atoms with E-state index in [4.69, 9.17) is 19.7 Å². The third kappa shape index (κ3) is 6.68. The minimum atomic E-state index is -0.522. The second kappa shape index (κ2) is 12.0. The van der Waals surface area contributed by atoms with Crippen LogP contribution in [-0.2, 0) is 20.8 Å². The predicted octanol–water partition coefficient (Wildman–Crippen LogP) is 5.89. The Balaban J connectivity index is 1.39. The standard InChI is InChI=1S/C34H39N3O5/c1-20-15-26(38)13-14-27(20)32(24-9-7-6-8-10-24)36-30(39)17-23-11-12-25-18-29(41-28(25)16-23)33(40-19-34(4,5)35)31-21(2)37-42-22(31)3/h6-16,18,21,32-33,37-38H,17,19,35H2,1-5H3,(H,36,39). The van der Waals surface area contributed by atoms with Gasteiger partial charge in [-0.15, -0.1) is 0 Å². The molecule has 3 unspecified atom stereocenters. The van der Waals surface area contributed by atoms with Crippen LogP contribution in [0.1, 0.15) is 67.9 Å². The van der Waals surface area contributed by atoms with Crippen molar-refractivity contribution in [1.82, 2.24) is 10.8 Å². The lowest BCUT2D eigenvalue weighted by atomic mass is 9.94. The van der Waals surface area contributed by atoms with Gasteiger partial charge in [-0.1, -0.05) is 48.5 Å². The lowest BCUT2D eigenvalue weighted by molar-refractivity contribution is -0.120. The largest absolute Gasteiger partial charge is 0.508 e. The lowest BCUT2D eigenvalue weighted by Gasteiger charge is -2.25.